The summed E-state index contributed by atoms with van der Waals surface area (Å²) in [6.45, 7) is 10.1. The number of rotatable bonds is 5. The first-order valence-electron chi connectivity index (χ1n) is 7.87. The van der Waals surface area contributed by atoms with Crippen molar-refractivity contribution < 1.29 is 28.7 Å². The van der Waals surface area contributed by atoms with Crippen molar-refractivity contribution in [3.8, 4) is 5.75 Å². The molecule has 0 saturated heterocycles. The summed E-state index contributed by atoms with van der Waals surface area (Å²) in [6, 6.07) is 5.06. The van der Waals surface area contributed by atoms with Crippen LogP contribution < -0.4 is 4.74 Å². The molecule has 0 heterocycles. The molecule has 26 heavy (non-hydrogen) atoms. The zero-order valence-electron chi connectivity index (χ0n) is 15.7. The van der Waals surface area contributed by atoms with Crippen molar-refractivity contribution in [1.82, 2.24) is 0 Å². The predicted octanol–water partition coefficient (Wildman–Crippen LogP) is 3.54. The topological polar surface area (TPSA) is 105 Å². The lowest BCUT2D eigenvalue weighted by Gasteiger charge is -2.21. The summed E-state index contributed by atoms with van der Waals surface area (Å²) in [7, 11) is 0. The second-order valence-electron chi connectivity index (χ2n) is 7.40. The second-order valence-corrected chi connectivity index (χ2v) is 7.40. The van der Waals surface area contributed by atoms with Crippen LogP contribution in [0.25, 0.3) is 0 Å². The molecule has 0 saturated carbocycles. The molecular formula is C18H23NO7. The molecule has 0 fully saturated rings. The van der Waals surface area contributed by atoms with Crippen molar-refractivity contribution in [2.24, 2.45) is 0 Å². The molecular weight excluding hydrogens is 342 g/mol. The van der Waals surface area contributed by atoms with Crippen LogP contribution in [0.4, 0.5) is 5.69 Å². The summed E-state index contributed by atoms with van der Waals surface area (Å²) in [5.41, 5.74) is -1.68. The molecule has 0 radical (unpaired) electrons. The van der Waals surface area contributed by atoms with Gasteiger partial charge in [-0.05, 0) is 53.7 Å². The van der Waals surface area contributed by atoms with Gasteiger partial charge in [0.1, 0.15) is 17.0 Å². The molecule has 0 unspecified atom stereocenters. The number of ether oxygens (including phenoxy) is 3. The number of nitrogens with zero attached hydrogens (tertiary/aromatic N) is 1. The van der Waals surface area contributed by atoms with Gasteiger partial charge in [-0.1, -0.05) is 0 Å². The van der Waals surface area contributed by atoms with E-state index in [0.29, 0.717) is 0 Å². The molecule has 0 aliphatic carbocycles. The third kappa shape index (κ3) is 7.78. The monoisotopic (exact) mass is 365 g/mol. The van der Waals surface area contributed by atoms with Gasteiger partial charge >= 0.3 is 11.9 Å². The highest BCUT2D eigenvalue weighted by molar-refractivity contribution is 5.95. The maximum Gasteiger partial charge on any atom is 0.375 e. The van der Waals surface area contributed by atoms with E-state index in [1.807, 2.05) is 0 Å². The van der Waals surface area contributed by atoms with Gasteiger partial charge in [-0.2, -0.15) is 0 Å². The first kappa shape index (κ1) is 21.1. The third-order valence-electron chi connectivity index (χ3n) is 2.53. The van der Waals surface area contributed by atoms with Crippen molar-refractivity contribution in [3.05, 3.63) is 46.2 Å². The van der Waals surface area contributed by atoms with Crippen molar-refractivity contribution in [2.75, 3.05) is 0 Å². The standard InChI is InChI=1S/C18H23NO7/c1-17(2,3)25-15(20)11-14(16(21)26-18(4,5)6)24-13-9-7-12(8-10-13)19(22)23/h7-11H,1-6H3. The van der Waals surface area contributed by atoms with Crippen molar-refractivity contribution in [3.63, 3.8) is 0 Å². The lowest BCUT2D eigenvalue weighted by Crippen LogP contribution is -2.28. The Bertz CT molecular complexity index is 707. The fraction of sp³-hybridized carbons (Fsp3) is 0.444. The number of hydrogen-bond donors (Lipinski definition) is 0. The maximum absolute atomic E-state index is 12.3. The Labute approximate surface area is 151 Å². The quantitative estimate of drug-likeness (QED) is 0.258. The summed E-state index contributed by atoms with van der Waals surface area (Å²) >= 11 is 0. The Kier molecular flexibility index (Phi) is 6.49. The molecule has 1 aromatic rings. The van der Waals surface area contributed by atoms with E-state index in [1.54, 1.807) is 41.5 Å². The van der Waals surface area contributed by atoms with E-state index in [2.05, 4.69) is 0 Å². The first-order valence-corrected chi connectivity index (χ1v) is 7.87. The Morgan fingerprint density at radius 2 is 1.46 bits per heavy atom. The van der Waals surface area contributed by atoms with Crippen LogP contribution in [0, 0.1) is 10.1 Å². The molecule has 0 amide bonds. The number of nitro benzene ring substituents is 1. The van der Waals surface area contributed by atoms with Gasteiger partial charge in [-0.25, -0.2) is 9.59 Å². The molecule has 8 nitrogen and oxygen atoms in total. The van der Waals surface area contributed by atoms with Crippen LogP contribution in [0.3, 0.4) is 0 Å². The highest BCUT2D eigenvalue weighted by Gasteiger charge is 2.24. The Morgan fingerprint density at radius 1 is 0.962 bits per heavy atom. The van der Waals surface area contributed by atoms with Gasteiger partial charge in [-0.15, -0.1) is 0 Å². The van der Waals surface area contributed by atoms with Crippen LogP contribution in [0.15, 0.2) is 36.1 Å². The number of carbonyl (C=O) groups excluding carboxylic acids is 2. The predicted molar refractivity (Wildman–Crippen MR) is 93.5 cm³/mol. The van der Waals surface area contributed by atoms with Gasteiger partial charge in [-0.3, -0.25) is 10.1 Å². The van der Waals surface area contributed by atoms with Crippen molar-refractivity contribution in [1.29, 1.82) is 0 Å². The first-order chi connectivity index (χ1) is 11.8. The summed E-state index contributed by atoms with van der Waals surface area (Å²) in [6.07, 6.45) is 0.890. The molecule has 1 aromatic carbocycles. The van der Waals surface area contributed by atoms with Crippen LogP contribution in [0.5, 0.6) is 5.75 Å². The van der Waals surface area contributed by atoms with E-state index < -0.39 is 28.1 Å². The molecule has 0 N–H and O–H groups in total. The molecule has 0 atom stereocenters. The van der Waals surface area contributed by atoms with E-state index in [-0.39, 0.29) is 17.2 Å². The number of carbonyl (C=O) groups is 2. The molecule has 0 aliphatic heterocycles. The summed E-state index contributed by atoms with van der Waals surface area (Å²) in [5.74, 6) is -1.89. The van der Waals surface area contributed by atoms with E-state index in [1.165, 1.54) is 24.3 Å². The Morgan fingerprint density at radius 3 is 1.88 bits per heavy atom. The van der Waals surface area contributed by atoms with Crippen molar-refractivity contribution >= 4 is 17.6 Å². The average Bonchev–Trinajstić information content (AvgIpc) is 2.43. The van der Waals surface area contributed by atoms with E-state index in [9.17, 15) is 19.7 Å². The lowest BCUT2D eigenvalue weighted by molar-refractivity contribution is -0.384. The van der Waals surface area contributed by atoms with Gasteiger partial charge in [0.25, 0.3) is 5.69 Å². The Balaban J connectivity index is 3.08. The Hall–Kier alpha value is -2.90. The summed E-state index contributed by atoms with van der Waals surface area (Å²) in [5, 5.41) is 10.7. The number of esters is 2. The fourth-order valence-corrected chi connectivity index (χ4v) is 1.66. The van der Waals surface area contributed by atoms with Gasteiger partial charge in [0, 0.05) is 12.1 Å². The van der Waals surface area contributed by atoms with Crippen LogP contribution >= 0.6 is 0 Å². The van der Waals surface area contributed by atoms with Crippen LogP contribution in [0.1, 0.15) is 41.5 Å². The van der Waals surface area contributed by atoms with Crippen LogP contribution in [0.2, 0.25) is 0 Å². The minimum Gasteiger partial charge on any atom is -0.457 e. The summed E-state index contributed by atoms with van der Waals surface area (Å²) < 4.78 is 15.8. The van der Waals surface area contributed by atoms with Gasteiger partial charge in [0.2, 0.25) is 5.76 Å². The number of non-ortho nitro benzene ring substituents is 1. The summed E-state index contributed by atoms with van der Waals surface area (Å²) in [4.78, 5) is 34.4. The van der Waals surface area contributed by atoms with E-state index >= 15 is 0 Å². The molecule has 0 aliphatic rings. The smallest absolute Gasteiger partial charge is 0.375 e. The molecule has 142 valence electrons. The lowest BCUT2D eigenvalue weighted by atomic mass is 10.2. The zero-order valence-corrected chi connectivity index (χ0v) is 15.7. The van der Waals surface area contributed by atoms with Gasteiger partial charge < -0.3 is 14.2 Å². The number of hydrogen-bond acceptors (Lipinski definition) is 7. The average molecular weight is 365 g/mol. The van der Waals surface area contributed by atoms with Gasteiger partial charge in [0.15, 0.2) is 0 Å². The molecule has 1 rings (SSSR count). The highest BCUT2D eigenvalue weighted by Crippen LogP contribution is 2.21. The maximum atomic E-state index is 12.3. The SMILES string of the molecule is CC(C)(C)OC(=O)C=C(Oc1ccc([N+](=O)[O-])cc1)C(=O)OC(C)(C)C. The third-order valence-corrected chi connectivity index (χ3v) is 2.53. The molecule has 0 spiro atoms. The second kappa shape index (κ2) is 7.99. The van der Waals surface area contributed by atoms with E-state index in [4.69, 9.17) is 14.2 Å². The molecule has 8 heteroatoms. The molecule has 0 bridgehead atoms. The number of nitro groups is 1. The van der Waals surface area contributed by atoms with Gasteiger partial charge in [0.05, 0.1) is 11.0 Å². The largest absolute Gasteiger partial charge is 0.457 e. The van der Waals surface area contributed by atoms with Crippen molar-refractivity contribution in [2.45, 2.75) is 52.7 Å². The normalized spacial score (nSPS) is 12.3. The fourth-order valence-electron chi connectivity index (χ4n) is 1.66. The van der Waals surface area contributed by atoms with E-state index in [0.717, 1.165) is 6.08 Å². The van der Waals surface area contributed by atoms with Crippen LogP contribution in [-0.2, 0) is 19.1 Å². The molecule has 0 aromatic heterocycles. The van der Waals surface area contributed by atoms with Crippen LogP contribution in [-0.4, -0.2) is 28.1 Å². The zero-order chi connectivity index (χ0) is 20.1. The minimum atomic E-state index is -0.860. The number of benzene rings is 1. The highest BCUT2D eigenvalue weighted by atomic mass is 16.6. The minimum absolute atomic E-state index is 0.132.